The third-order valence-corrected chi connectivity index (χ3v) is 3.17. The first kappa shape index (κ1) is 12.1. The van der Waals surface area contributed by atoms with E-state index in [0.717, 1.165) is 17.7 Å². The molecule has 0 unspecified atom stereocenters. The molecular weight excluding hydrogens is 208 g/mol. The second-order valence-corrected chi connectivity index (χ2v) is 4.34. The Bertz CT molecular complexity index is 317. The van der Waals surface area contributed by atoms with Gasteiger partial charge in [0.1, 0.15) is 0 Å². The van der Waals surface area contributed by atoms with Crippen LogP contribution in [0, 0.1) is 6.92 Å². The molecule has 0 saturated heterocycles. The molecule has 15 heavy (non-hydrogen) atoms. The van der Waals surface area contributed by atoms with Gasteiger partial charge in [-0.05, 0) is 43.5 Å². The summed E-state index contributed by atoms with van der Waals surface area (Å²) in [6, 6.07) is 8.01. The van der Waals surface area contributed by atoms with Gasteiger partial charge in [-0.15, -0.1) is 0 Å². The van der Waals surface area contributed by atoms with E-state index in [1.807, 2.05) is 31.2 Å². The minimum absolute atomic E-state index is 0.610. The first-order valence-electron chi connectivity index (χ1n) is 4.93. The highest BCUT2D eigenvalue weighted by molar-refractivity contribution is 7.97. The molecule has 0 heterocycles. The van der Waals surface area contributed by atoms with E-state index in [1.54, 1.807) is 4.31 Å². The lowest BCUT2D eigenvalue weighted by molar-refractivity contribution is -0.113. The van der Waals surface area contributed by atoms with Gasteiger partial charge in [-0.1, -0.05) is 18.2 Å². The molecule has 1 aromatic carbocycles. The van der Waals surface area contributed by atoms with Crippen molar-refractivity contribution in [3.8, 4) is 0 Å². The zero-order chi connectivity index (χ0) is 11.1. The van der Waals surface area contributed by atoms with Crippen molar-refractivity contribution in [2.75, 3.05) is 13.1 Å². The lowest BCUT2D eigenvalue weighted by atomic mass is 10.2. The summed E-state index contributed by atoms with van der Waals surface area (Å²) in [5, 5.41) is 0. The van der Waals surface area contributed by atoms with Gasteiger partial charge in [0, 0.05) is 11.4 Å². The highest BCUT2D eigenvalue weighted by Gasteiger charge is 2.05. The molecule has 0 spiro atoms. The minimum atomic E-state index is 0.610. The Kier molecular flexibility index (Phi) is 5.21. The summed E-state index contributed by atoms with van der Waals surface area (Å²) in [5.41, 5.74) is 6.59. The Morgan fingerprint density at radius 1 is 1.47 bits per heavy atom. The van der Waals surface area contributed by atoms with Crippen LogP contribution < -0.4 is 5.73 Å². The number of nitrogens with two attached hydrogens (primary N) is 1. The third kappa shape index (κ3) is 3.93. The van der Waals surface area contributed by atoms with Gasteiger partial charge in [0.25, 0.3) is 0 Å². The van der Waals surface area contributed by atoms with Gasteiger partial charge in [-0.25, -0.2) is 0 Å². The monoisotopic (exact) mass is 224 g/mol. The molecular formula is C11H16N2OS. The molecule has 1 rings (SSSR count). The van der Waals surface area contributed by atoms with E-state index in [1.165, 1.54) is 17.5 Å². The van der Waals surface area contributed by atoms with Crippen molar-refractivity contribution in [1.82, 2.24) is 4.31 Å². The first-order chi connectivity index (χ1) is 7.27. The smallest absolute Gasteiger partial charge is 0.219 e. The molecule has 0 aliphatic rings. The van der Waals surface area contributed by atoms with Crippen LogP contribution in [0.3, 0.4) is 0 Å². The van der Waals surface area contributed by atoms with E-state index in [-0.39, 0.29) is 0 Å². The summed E-state index contributed by atoms with van der Waals surface area (Å²) < 4.78 is 1.68. The Morgan fingerprint density at radius 2 is 2.20 bits per heavy atom. The van der Waals surface area contributed by atoms with Gasteiger partial charge in [-0.2, -0.15) is 0 Å². The van der Waals surface area contributed by atoms with E-state index < -0.39 is 0 Å². The number of benzene rings is 1. The highest BCUT2D eigenvalue weighted by atomic mass is 32.2. The van der Waals surface area contributed by atoms with Crippen LogP contribution in [-0.2, 0) is 4.79 Å². The van der Waals surface area contributed by atoms with E-state index >= 15 is 0 Å². The maximum absolute atomic E-state index is 10.8. The normalized spacial score (nSPS) is 10.0. The number of hydrogen-bond acceptors (Lipinski definition) is 3. The average molecular weight is 224 g/mol. The van der Waals surface area contributed by atoms with Crippen LogP contribution in [-0.4, -0.2) is 23.8 Å². The zero-order valence-corrected chi connectivity index (χ0v) is 9.67. The fourth-order valence-electron chi connectivity index (χ4n) is 1.15. The molecule has 2 N–H and O–H groups in total. The molecule has 0 aliphatic carbocycles. The summed E-state index contributed by atoms with van der Waals surface area (Å²) in [7, 11) is 0. The second-order valence-electron chi connectivity index (χ2n) is 3.25. The predicted octanol–water partition coefficient (Wildman–Crippen LogP) is 1.81. The quantitative estimate of drug-likeness (QED) is 0.592. The summed E-state index contributed by atoms with van der Waals surface area (Å²) in [4.78, 5) is 11.9. The molecule has 0 saturated carbocycles. The summed E-state index contributed by atoms with van der Waals surface area (Å²) >= 11 is 1.46. The van der Waals surface area contributed by atoms with Crippen molar-refractivity contribution in [3.63, 3.8) is 0 Å². The highest BCUT2D eigenvalue weighted by Crippen LogP contribution is 2.24. The van der Waals surface area contributed by atoms with Crippen molar-refractivity contribution in [2.24, 2.45) is 5.73 Å². The van der Waals surface area contributed by atoms with E-state index in [2.05, 4.69) is 0 Å². The van der Waals surface area contributed by atoms with Crippen LogP contribution in [0.2, 0.25) is 0 Å². The average Bonchev–Trinajstić information content (AvgIpc) is 2.26. The fourth-order valence-corrected chi connectivity index (χ4v) is 2.02. The maximum atomic E-state index is 10.8. The van der Waals surface area contributed by atoms with E-state index in [4.69, 9.17) is 5.73 Å². The standard InChI is InChI=1S/C11H16N2OS/c1-10-5-2-3-6-11(10)15-13(9-14)8-4-7-12/h2-3,5-6,9H,4,7-8,12H2,1H3. The Balaban J connectivity index is 2.58. The number of hydrogen-bond donors (Lipinski definition) is 1. The summed E-state index contributed by atoms with van der Waals surface area (Å²) in [5.74, 6) is 0. The number of carbonyl (C=O) groups excluding carboxylic acids is 1. The number of nitrogens with zero attached hydrogens (tertiary/aromatic N) is 1. The molecule has 0 bridgehead atoms. The predicted molar refractivity (Wildman–Crippen MR) is 63.5 cm³/mol. The summed E-state index contributed by atoms with van der Waals surface area (Å²) in [6.45, 7) is 3.34. The number of amides is 1. The lowest BCUT2D eigenvalue weighted by Crippen LogP contribution is -2.17. The molecule has 4 heteroatoms. The number of aryl methyl sites for hydroxylation is 1. The van der Waals surface area contributed by atoms with Crippen molar-refractivity contribution < 1.29 is 4.79 Å². The van der Waals surface area contributed by atoms with Gasteiger partial charge in [0.05, 0.1) is 0 Å². The van der Waals surface area contributed by atoms with Crippen molar-refractivity contribution in [1.29, 1.82) is 0 Å². The second kappa shape index (κ2) is 6.48. The maximum Gasteiger partial charge on any atom is 0.219 e. The van der Waals surface area contributed by atoms with Crippen LogP contribution in [0.25, 0.3) is 0 Å². The Labute approximate surface area is 94.8 Å². The topological polar surface area (TPSA) is 46.3 Å². The van der Waals surface area contributed by atoms with Crippen molar-refractivity contribution in [3.05, 3.63) is 29.8 Å². The van der Waals surface area contributed by atoms with Crippen molar-refractivity contribution in [2.45, 2.75) is 18.2 Å². The van der Waals surface area contributed by atoms with Crippen LogP contribution in [0.4, 0.5) is 0 Å². The molecule has 0 atom stereocenters. The molecule has 0 aliphatic heterocycles. The van der Waals surface area contributed by atoms with E-state index in [0.29, 0.717) is 13.1 Å². The lowest BCUT2D eigenvalue weighted by Gasteiger charge is -2.16. The molecule has 0 aromatic heterocycles. The largest absolute Gasteiger partial charge is 0.330 e. The molecule has 82 valence electrons. The fraction of sp³-hybridized carbons (Fsp3) is 0.364. The number of rotatable bonds is 6. The van der Waals surface area contributed by atoms with Gasteiger partial charge in [0.2, 0.25) is 6.41 Å². The van der Waals surface area contributed by atoms with E-state index in [9.17, 15) is 4.79 Å². The van der Waals surface area contributed by atoms with Gasteiger partial charge >= 0.3 is 0 Å². The molecule has 0 fully saturated rings. The Morgan fingerprint density at radius 3 is 2.80 bits per heavy atom. The summed E-state index contributed by atoms with van der Waals surface area (Å²) in [6.07, 6.45) is 1.68. The molecule has 0 radical (unpaired) electrons. The molecule has 1 aromatic rings. The van der Waals surface area contributed by atoms with Crippen molar-refractivity contribution >= 4 is 18.4 Å². The van der Waals surface area contributed by atoms with Crippen LogP contribution in [0.1, 0.15) is 12.0 Å². The molecule has 1 amide bonds. The third-order valence-electron chi connectivity index (χ3n) is 2.01. The first-order valence-corrected chi connectivity index (χ1v) is 5.71. The SMILES string of the molecule is Cc1ccccc1SN(C=O)CCCN. The zero-order valence-electron chi connectivity index (χ0n) is 8.85. The van der Waals surface area contributed by atoms with Crippen LogP contribution in [0.15, 0.2) is 29.2 Å². The Hall–Kier alpha value is -1.00. The minimum Gasteiger partial charge on any atom is -0.330 e. The number of carbonyl (C=O) groups is 1. The van der Waals surface area contributed by atoms with Gasteiger partial charge in [-0.3, -0.25) is 9.10 Å². The van der Waals surface area contributed by atoms with Crippen LogP contribution in [0.5, 0.6) is 0 Å². The van der Waals surface area contributed by atoms with Crippen LogP contribution >= 0.6 is 11.9 Å². The molecule has 3 nitrogen and oxygen atoms in total. The van der Waals surface area contributed by atoms with Gasteiger partial charge in [0.15, 0.2) is 0 Å². The van der Waals surface area contributed by atoms with Gasteiger partial charge < -0.3 is 5.73 Å².